The molecule has 0 bridgehead atoms. The Morgan fingerprint density at radius 3 is 2.91 bits per heavy atom. The Kier molecular flexibility index (Phi) is 5.72. The maximum absolute atomic E-state index is 7.51. The predicted octanol–water partition coefficient (Wildman–Crippen LogP) is 3.64. The Morgan fingerprint density at radius 1 is 1.45 bits per heavy atom. The molecule has 116 valence electrons. The number of rotatable bonds is 7. The number of nitrogens with zero attached hydrogens (tertiary/aromatic N) is 1. The molecular formula is C17H21N3OS. The van der Waals surface area contributed by atoms with E-state index in [2.05, 4.69) is 23.4 Å². The van der Waals surface area contributed by atoms with E-state index in [1.807, 2.05) is 18.2 Å². The average Bonchev–Trinajstić information content (AvgIpc) is 2.99. The van der Waals surface area contributed by atoms with E-state index in [1.165, 1.54) is 5.01 Å². The van der Waals surface area contributed by atoms with Crippen molar-refractivity contribution >= 4 is 23.2 Å². The fourth-order valence-electron chi connectivity index (χ4n) is 2.10. The van der Waals surface area contributed by atoms with E-state index in [9.17, 15) is 0 Å². The lowest BCUT2D eigenvalue weighted by atomic mass is 10.1. The molecule has 0 atom stereocenters. The van der Waals surface area contributed by atoms with Gasteiger partial charge in [0.1, 0.15) is 11.6 Å². The highest BCUT2D eigenvalue weighted by Gasteiger charge is 2.04. The smallest absolute Gasteiger partial charge is 0.126 e. The van der Waals surface area contributed by atoms with Gasteiger partial charge in [-0.2, -0.15) is 0 Å². The molecule has 0 radical (unpaired) electrons. The molecule has 0 fully saturated rings. The number of nitrogens with two attached hydrogens (primary N) is 1. The van der Waals surface area contributed by atoms with Crippen molar-refractivity contribution in [3.63, 3.8) is 0 Å². The molecule has 1 aromatic heterocycles. The van der Waals surface area contributed by atoms with E-state index in [0.29, 0.717) is 5.56 Å². The molecule has 1 aromatic carbocycles. The van der Waals surface area contributed by atoms with Gasteiger partial charge in [-0.1, -0.05) is 19.1 Å². The van der Waals surface area contributed by atoms with E-state index in [-0.39, 0.29) is 5.84 Å². The van der Waals surface area contributed by atoms with Gasteiger partial charge in [0.25, 0.3) is 0 Å². The molecule has 22 heavy (non-hydrogen) atoms. The van der Waals surface area contributed by atoms with Crippen LogP contribution in [0.2, 0.25) is 0 Å². The quantitative estimate of drug-likeness (QED) is 0.605. The minimum absolute atomic E-state index is 0.0619. The summed E-state index contributed by atoms with van der Waals surface area (Å²) in [6, 6.07) is 5.50. The molecule has 2 aromatic rings. The first-order valence-corrected chi connectivity index (χ1v) is 8.14. The van der Waals surface area contributed by atoms with Crippen LogP contribution in [0.5, 0.6) is 5.75 Å². The van der Waals surface area contributed by atoms with Crippen LogP contribution in [-0.4, -0.2) is 17.9 Å². The number of aromatic nitrogens is 1. The van der Waals surface area contributed by atoms with Crippen molar-refractivity contribution in [1.29, 1.82) is 5.41 Å². The molecule has 0 spiro atoms. The number of benzene rings is 1. The summed E-state index contributed by atoms with van der Waals surface area (Å²) < 4.78 is 5.34. The van der Waals surface area contributed by atoms with Gasteiger partial charge in [-0.25, -0.2) is 4.98 Å². The molecule has 0 unspecified atom stereocenters. The molecule has 5 heteroatoms. The van der Waals surface area contributed by atoms with Crippen LogP contribution in [0, 0.1) is 5.41 Å². The fraction of sp³-hybridized carbons (Fsp3) is 0.294. The van der Waals surface area contributed by atoms with Gasteiger partial charge in [-0.3, -0.25) is 5.41 Å². The topological polar surface area (TPSA) is 72.0 Å². The second kappa shape index (κ2) is 7.75. The number of nitrogen functional groups attached to an aromatic ring is 1. The van der Waals surface area contributed by atoms with Gasteiger partial charge < -0.3 is 10.5 Å². The summed E-state index contributed by atoms with van der Waals surface area (Å²) >= 11 is 1.72. The van der Waals surface area contributed by atoms with Crippen molar-refractivity contribution in [2.45, 2.75) is 26.2 Å². The first kappa shape index (κ1) is 16.2. The van der Waals surface area contributed by atoms with Crippen molar-refractivity contribution in [3.05, 3.63) is 51.5 Å². The van der Waals surface area contributed by atoms with Crippen LogP contribution in [-0.2, 0) is 12.8 Å². The van der Waals surface area contributed by atoms with Crippen LogP contribution in [0.15, 0.2) is 29.7 Å². The highest BCUT2D eigenvalue weighted by Crippen LogP contribution is 2.21. The second-order valence-corrected chi connectivity index (χ2v) is 5.84. The first-order chi connectivity index (χ1) is 10.6. The Labute approximate surface area is 135 Å². The standard InChI is InChI=1S/C17H21N3OS/c1-3-16-20-14(11-22-16)7-5-4-6-12-10-13(17(18)19)8-9-15(12)21-2/h4,6,8-11H,3,5,7H2,1-2H3,(H3,18,19)/b6-4+. The highest BCUT2D eigenvalue weighted by molar-refractivity contribution is 7.09. The molecule has 1 heterocycles. The predicted molar refractivity (Wildman–Crippen MR) is 92.9 cm³/mol. The molecule has 4 nitrogen and oxygen atoms in total. The molecule has 0 amide bonds. The van der Waals surface area contributed by atoms with Crippen LogP contribution in [0.1, 0.15) is 35.2 Å². The molecule has 0 aliphatic heterocycles. The van der Waals surface area contributed by atoms with Gasteiger partial charge in [0.05, 0.1) is 17.8 Å². The zero-order chi connectivity index (χ0) is 15.9. The monoisotopic (exact) mass is 315 g/mol. The number of ether oxygens (including phenoxy) is 1. The number of methoxy groups -OCH3 is 1. The van der Waals surface area contributed by atoms with Gasteiger partial charge in [0, 0.05) is 16.5 Å². The highest BCUT2D eigenvalue weighted by atomic mass is 32.1. The second-order valence-electron chi connectivity index (χ2n) is 4.90. The summed E-state index contributed by atoms with van der Waals surface area (Å²) in [5, 5.41) is 10.8. The van der Waals surface area contributed by atoms with E-state index in [1.54, 1.807) is 24.5 Å². The number of thiazole rings is 1. The van der Waals surface area contributed by atoms with E-state index in [0.717, 1.165) is 36.3 Å². The molecule has 0 aliphatic rings. The zero-order valence-electron chi connectivity index (χ0n) is 12.9. The first-order valence-electron chi connectivity index (χ1n) is 7.26. The summed E-state index contributed by atoms with van der Waals surface area (Å²) in [6.45, 7) is 2.12. The Hall–Kier alpha value is -2.14. The minimum Gasteiger partial charge on any atom is -0.496 e. The average molecular weight is 315 g/mol. The van der Waals surface area contributed by atoms with Crippen LogP contribution >= 0.6 is 11.3 Å². The normalized spacial score (nSPS) is 11.0. The summed E-state index contributed by atoms with van der Waals surface area (Å²) in [4.78, 5) is 4.56. The van der Waals surface area contributed by atoms with E-state index >= 15 is 0 Å². The number of hydrogen-bond donors (Lipinski definition) is 2. The zero-order valence-corrected chi connectivity index (χ0v) is 13.7. The van der Waals surface area contributed by atoms with Crippen molar-refractivity contribution in [2.75, 3.05) is 7.11 Å². The summed E-state index contributed by atoms with van der Waals surface area (Å²) in [7, 11) is 1.64. The molecule has 3 N–H and O–H groups in total. The van der Waals surface area contributed by atoms with E-state index in [4.69, 9.17) is 15.9 Å². The third-order valence-corrected chi connectivity index (χ3v) is 4.35. The Bertz CT molecular complexity index is 676. The third-order valence-electron chi connectivity index (χ3n) is 3.31. The summed E-state index contributed by atoms with van der Waals surface area (Å²) in [5.74, 6) is 0.843. The molecule has 2 rings (SSSR count). The SMILES string of the molecule is CCc1nc(CC/C=C/c2cc(C(=N)N)ccc2OC)cs1. The lowest BCUT2D eigenvalue weighted by Crippen LogP contribution is -2.11. The third kappa shape index (κ3) is 4.18. The number of nitrogens with one attached hydrogen (secondary N) is 1. The molecule has 0 saturated heterocycles. The molecule has 0 aliphatic carbocycles. The van der Waals surface area contributed by atoms with Gasteiger partial charge in [0.15, 0.2) is 0 Å². The van der Waals surface area contributed by atoms with Crippen molar-refractivity contribution < 1.29 is 4.74 Å². The Morgan fingerprint density at radius 2 is 2.27 bits per heavy atom. The lowest BCUT2D eigenvalue weighted by Gasteiger charge is -2.07. The maximum Gasteiger partial charge on any atom is 0.126 e. The maximum atomic E-state index is 7.51. The number of hydrogen-bond acceptors (Lipinski definition) is 4. The van der Waals surface area contributed by atoms with Crippen LogP contribution in [0.4, 0.5) is 0 Å². The van der Waals surface area contributed by atoms with E-state index < -0.39 is 0 Å². The number of allylic oxidation sites excluding steroid dienone is 1. The largest absolute Gasteiger partial charge is 0.496 e. The molecular weight excluding hydrogens is 294 g/mol. The van der Waals surface area contributed by atoms with Gasteiger partial charge in [-0.15, -0.1) is 11.3 Å². The van der Waals surface area contributed by atoms with Gasteiger partial charge in [-0.05, 0) is 37.5 Å². The van der Waals surface area contributed by atoms with Crippen LogP contribution in [0.25, 0.3) is 6.08 Å². The van der Waals surface area contributed by atoms with Gasteiger partial charge in [0.2, 0.25) is 0 Å². The summed E-state index contributed by atoms with van der Waals surface area (Å²) in [6.07, 6.45) is 6.96. The van der Waals surface area contributed by atoms with Crippen LogP contribution < -0.4 is 10.5 Å². The van der Waals surface area contributed by atoms with Crippen LogP contribution in [0.3, 0.4) is 0 Å². The lowest BCUT2D eigenvalue weighted by molar-refractivity contribution is 0.414. The number of aryl methyl sites for hydroxylation is 2. The fourth-order valence-corrected chi connectivity index (χ4v) is 2.88. The minimum atomic E-state index is 0.0619. The molecule has 0 saturated carbocycles. The van der Waals surface area contributed by atoms with Crippen molar-refractivity contribution in [3.8, 4) is 5.75 Å². The van der Waals surface area contributed by atoms with Crippen molar-refractivity contribution in [2.24, 2.45) is 5.73 Å². The summed E-state index contributed by atoms with van der Waals surface area (Å²) in [5.41, 5.74) is 8.32. The number of amidine groups is 1. The van der Waals surface area contributed by atoms with Crippen molar-refractivity contribution in [1.82, 2.24) is 4.98 Å². The van der Waals surface area contributed by atoms with Gasteiger partial charge >= 0.3 is 0 Å². The Balaban J connectivity index is 2.02.